The van der Waals surface area contributed by atoms with Crippen LogP contribution in [0.1, 0.15) is 42.7 Å². The van der Waals surface area contributed by atoms with Crippen molar-refractivity contribution in [2.45, 2.75) is 32.4 Å². The Balaban J connectivity index is 1.75. The molecule has 3 aromatic carbocycles. The number of carbonyl (C=O) groups excluding carboxylic acids is 2. The number of esters is 1. The van der Waals surface area contributed by atoms with Crippen molar-refractivity contribution in [3.63, 3.8) is 0 Å². The van der Waals surface area contributed by atoms with E-state index >= 15 is 0 Å². The zero-order chi connectivity index (χ0) is 25.9. The number of halogens is 2. The van der Waals surface area contributed by atoms with Gasteiger partial charge in [0.15, 0.2) is 6.61 Å². The van der Waals surface area contributed by atoms with E-state index in [2.05, 4.69) is 5.32 Å². The second-order valence-corrected chi connectivity index (χ2v) is 9.58. The van der Waals surface area contributed by atoms with Crippen LogP contribution in [0.4, 0.5) is 5.69 Å². The third-order valence-corrected chi connectivity index (χ3v) is 5.24. The molecular weight excluding hydrogens is 495 g/mol. The molecule has 0 aliphatic carbocycles. The summed E-state index contributed by atoms with van der Waals surface area (Å²) in [5.74, 6) is -2.16. The quantitative estimate of drug-likeness (QED) is 0.366. The molecule has 0 saturated heterocycles. The number of nitrogens with one attached hydrogen (secondary N) is 1. The Bertz CT molecular complexity index is 1300. The molecule has 8 nitrogen and oxygen atoms in total. The number of carboxylic acid groups (broad SMARTS) is 1. The van der Waals surface area contributed by atoms with E-state index < -0.39 is 36.1 Å². The molecule has 0 fully saturated rings. The SMILES string of the molecule is CC(C)(C)OC(=O)C(N)c1cccc(NC(=O)COc2cc(C(=O)O)cc3cc(Cl)cc(Cl)c23)c1. The standard InChI is InChI=1S/C25H24Cl2N2O6/c1-25(2,3)35-24(33)22(28)13-5-4-6-17(9-13)29-20(30)12-34-19-10-15(23(31)32)7-14-8-16(26)11-18(27)21(14)19/h4-11,22H,12,28H2,1-3H3,(H,29,30)(H,31,32). The number of fused-ring (bicyclic) bond motifs is 1. The molecule has 0 radical (unpaired) electrons. The summed E-state index contributed by atoms with van der Waals surface area (Å²) in [6, 6.07) is 11.2. The number of amides is 1. The number of ether oxygens (including phenoxy) is 2. The van der Waals surface area contributed by atoms with Gasteiger partial charge in [0, 0.05) is 16.1 Å². The van der Waals surface area contributed by atoms with Crippen LogP contribution >= 0.6 is 23.2 Å². The Morgan fingerprint density at radius 1 is 1.09 bits per heavy atom. The van der Waals surface area contributed by atoms with Crippen molar-refractivity contribution < 1.29 is 29.0 Å². The molecule has 10 heteroatoms. The lowest BCUT2D eigenvalue weighted by atomic mass is 10.1. The number of anilines is 1. The van der Waals surface area contributed by atoms with E-state index in [0.717, 1.165) is 0 Å². The molecule has 1 unspecified atom stereocenters. The van der Waals surface area contributed by atoms with Crippen LogP contribution in [0.15, 0.2) is 48.5 Å². The van der Waals surface area contributed by atoms with Gasteiger partial charge in [0.1, 0.15) is 17.4 Å². The van der Waals surface area contributed by atoms with Crippen molar-refractivity contribution in [2.24, 2.45) is 5.73 Å². The first-order valence-corrected chi connectivity index (χ1v) is 11.3. The first-order chi connectivity index (χ1) is 16.3. The highest BCUT2D eigenvalue weighted by atomic mass is 35.5. The molecule has 3 aromatic rings. The monoisotopic (exact) mass is 518 g/mol. The zero-order valence-corrected chi connectivity index (χ0v) is 20.7. The number of rotatable bonds is 7. The van der Waals surface area contributed by atoms with Crippen LogP contribution in [-0.4, -0.2) is 35.2 Å². The molecule has 0 spiro atoms. The van der Waals surface area contributed by atoms with Gasteiger partial charge in [-0.3, -0.25) is 4.79 Å². The van der Waals surface area contributed by atoms with Gasteiger partial charge in [-0.15, -0.1) is 0 Å². The van der Waals surface area contributed by atoms with Crippen LogP contribution in [0.2, 0.25) is 10.0 Å². The van der Waals surface area contributed by atoms with Crippen molar-refractivity contribution in [1.29, 1.82) is 0 Å². The number of aromatic carboxylic acids is 1. The largest absolute Gasteiger partial charge is 0.483 e. The van der Waals surface area contributed by atoms with Gasteiger partial charge in [-0.05, 0) is 68.1 Å². The van der Waals surface area contributed by atoms with Gasteiger partial charge >= 0.3 is 11.9 Å². The Kier molecular flexibility index (Phi) is 7.90. The summed E-state index contributed by atoms with van der Waals surface area (Å²) in [5, 5.41) is 13.5. The first kappa shape index (κ1) is 26.3. The van der Waals surface area contributed by atoms with Gasteiger partial charge < -0.3 is 25.6 Å². The second-order valence-electron chi connectivity index (χ2n) is 8.74. The van der Waals surface area contributed by atoms with E-state index in [9.17, 15) is 19.5 Å². The fourth-order valence-electron chi connectivity index (χ4n) is 3.28. The summed E-state index contributed by atoms with van der Waals surface area (Å²) in [5.41, 5.74) is 6.13. The number of carboxylic acids is 1. The van der Waals surface area contributed by atoms with Crippen LogP contribution < -0.4 is 15.8 Å². The van der Waals surface area contributed by atoms with Crippen LogP contribution in [-0.2, 0) is 14.3 Å². The first-order valence-electron chi connectivity index (χ1n) is 10.5. The van der Waals surface area contributed by atoms with Gasteiger partial charge in [-0.25, -0.2) is 9.59 Å². The molecule has 1 atom stereocenters. The molecule has 0 heterocycles. The minimum Gasteiger partial charge on any atom is -0.483 e. The van der Waals surface area contributed by atoms with E-state index in [1.165, 1.54) is 18.2 Å². The average molecular weight is 519 g/mol. The Morgan fingerprint density at radius 2 is 1.80 bits per heavy atom. The van der Waals surface area contributed by atoms with Gasteiger partial charge in [0.2, 0.25) is 0 Å². The third kappa shape index (κ3) is 6.85. The highest BCUT2D eigenvalue weighted by Crippen LogP contribution is 2.36. The van der Waals surface area contributed by atoms with E-state index in [1.807, 2.05) is 0 Å². The zero-order valence-electron chi connectivity index (χ0n) is 19.2. The summed E-state index contributed by atoms with van der Waals surface area (Å²) < 4.78 is 10.9. The molecule has 3 rings (SSSR count). The van der Waals surface area contributed by atoms with E-state index in [0.29, 0.717) is 27.0 Å². The van der Waals surface area contributed by atoms with E-state index in [-0.39, 0.29) is 16.3 Å². The van der Waals surface area contributed by atoms with Gasteiger partial charge in [-0.1, -0.05) is 35.3 Å². The molecule has 0 bridgehead atoms. The van der Waals surface area contributed by atoms with Crippen LogP contribution in [0.25, 0.3) is 10.8 Å². The fraction of sp³-hybridized carbons (Fsp3) is 0.240. The van der Waals surface area contributed by atoms with Crippen molar-refractivity contribution in [2.75, 3.05) is 11.9 Å². The lowest BCUT2D eigenvalue weighted by Gasteiger charge is -2.22. The lowest BCUT2D eigenvalue weighted by molar-refractivity contribution is -0.156. The van der Waals surface area contributed by atoms with Gasteiger partial charge in [0.05, 0.1) is 10.6 Å². The average Bonchev–Trinajstić information content (AvgIpc) is 2.75. The highest BCUT2D eigenvalue weighted by Gasteiger charge is 2.24. The third-order valence-electron chi connectivity index (χ3n) is 4.73. The van der Waals surface area contributed by atoms with Crippen LogP contribution in [0.5, 0.6) is 5.75 Å². The summed E-state index contributed by atoms with van der Waals surface area (Å²) in [4.78, 5) is 36.3. The number of carbonyl (C=O) groups is 3. The van der Waals surface area contributed by atoms with E-state index in [1.54, 1.807) is 51.1 Å². The molecule has 0 aliphatic heterocycles. The Labute approximate surface area is 211 Å². The summed E-state index contributed by atoms with van der Waals surface area (Å²) in [6.45, 7) is 4.79. The van der Waals surface area contributed by atoms with Crippen molar-refractivity contribution in [3.05, 3.63) is 69.7 Å². The summed E-state index contributed by atoms with van der Waals surface area (Å²) >= 11 is 12.3. The minimum absolute atomic E-state index is 0.0462. The number of hydrogen-bond donors (Lipinski definition) is 3. The van der Waals surface area contributed by atoms with Crippen molar-refractivity contribution in [1.82, 2.24) is 0 Å². The van der Waals surface area contributed by atoms with Crippen LogP contribution in [0.3, 0.4) is 0 Å². The molecule has 0 aliphatic rings. The predicted molar refractivity (Wildman–Crippen MR) is 134 cm³/mol. The lowest BCUT2D eigenvalue weighted by Crippen LogP contribution is -2.31. The molecule has 184 valence electrons. The molecule has 1 amide bonds. The van der Waals surface area contributed by atoms with Gasteiger partial charge in [0.25, 0.3) is 5.91 Å². The smallest absolute Gasteiger partial charge is 0.335 e. The summed E-state index contributed by atoms with van der Waals surface area (Å²) in [6.07, 6.45) is 0. The molecular formula is C25H24Cl2N2O6. The molecule has 35 heavy (non-hydrogen) atoms. The maximum absolute atomic E-state index is 12.6. The van der Waals surface area contributed by atoms with Gasteiger partial charge in [-0.2, -0.15) is 0 Å². The maximum Gasteiger partial charge on any atom is 0.335 e. The maximum atomic E-state index is 12.6. The minimum atomic E-state index is -1.17. The summed E-state index contributed by atoms with van der Waals surface area (Å²) in [7, 11) is 0. The van der Waals surface area contributed by atoms with E-state index in [4.69, 9.17) is 38.4 Å². The normalized spacial score (nSPS) is 12.2. The Hall–Kier alpha value is -3.33. The number of nitrogens with two attached hydrogens (primary N) is 1. The topological polar surface area (TPSA) is 128 Å². The van der Waals surface area contributed by atoms with Crippen molar-refractivity contribution in [3.8, 4) is 5.75 Å². The molecule has 4 N–H and O–H groups in total. The highest BCUT2D eigenvalue weighted by molar-refractivity contribution is 6.39. The second kappa shape index (κ2) is 10.5. The number of benzene rings is 3. The van der Waals surface area contributed by atoms with Crippen molar-refractivity contribution >= 4 is 57.5 Å². The van der Waals surface area contributed by atoms with Crippen LogP contribution in [0, 0.1) is 0 Å². The number of hydrogen-bond acceptors (Lipinski definition) is 6. The predicted octanol–water partition coefficient (Wildman–Crippen LogP) is 5.20. The Morgan fingerprint density at radius 3 is 2.46 bits per heavy atom. The molecule has 0 saturated carbocycles. The fourth-order valence-corrected chi connectivity index (χ4v) is 3.88. The molecule has 0 aromatic heterocycles.